The highest BCUT2D eigenvalue weighted by molar-refractivity contribution is 5.88. The fourth-order valence-corrected chi connectivity index (χ4v) is 4.64. The summed E-state index contributed by atoms with van der Waals surface area (Å²) in [6.45, 7) is 6.02. The number of ether oxygens (including phenoxy) is 1. The van der Waals surface area contributed by atoms with Gasteiger partial charge in [-0.05, 0) is 36.3 Å². The zero-order chi connectivity index (χ0) is 18.7. The van der Waals surface area contributed by atoms with Crippen LogP contribution in [0.1, 0.15) is 36.8 Å². The number of rotatable bonds is 6. The highest BCUT2D eigenvalue weighted by atomic mass is 35.5. The minimum absolute atomic E-state index is 0. The van der Waals surface area contributed by atoms with E-state index in [9.17, 15) is 4.79 Å². The van der Waals surface area contributed by atoms with Gasteiger partial charge in [-0.1, -0.05) is 66.7 Å². The van der Waals surface area contributed by atoms with E-state index < -0.39 is 5.41 Å². The van der Waals surface area contributed by atoms with Gasteiger partial charge in [-0.2, -0.15) is 0 Å². The molecule has 4 heteroatoms. The first-order valence-electron chi connectivity index (χ1n) is 9.91. The average Bonchev–Trinajstić information content (AvgIpc) is 2.74. The maximum atomic E-state index is 13.7. The molecule has 0 amide bonds. The zero-order valence-electron chi connectivity index (χ0n) is 16.1. The molecule has 3 nitrogen and oxygen atoms in total. The van der Waals surface area contributed by atoms with Gasteiger partial charge < -0.3 is 4.74 Å². The van der Waals surface area contributed by atoms with E-state index in [2.05, 4.69) is 11.5 Å². The molecule has 28 heavy (non-hydrogen) atoms. The molecule has 3 fully saturated rings. The summed E-state index contributed by atoms with van der Waals surface area (Å²) in [7, 11) is 0. The lowest BCUT2D eigenvalue weighted by atomic mass is 9.72. The van der Waals surface area contributed by atoms with Gasteiger partial charge in [-0.15, -0.1) is 19.0 Å². The Labute approximate surface area is 173 Å². The minimum Gasteiger partial charge on any atom is -0.445 e. The lowest BCUT2D eigenvalue weighted by Gasteiger charge is -2.45. The third-order valence-electron chi connectivity index (χ3n) is 6.17. The summed E-state index contributed by atoms with van der Waals surface area (Å²) in [5, 5.41) is 0. The molecule has 2 aromatic carbocycles. The highest BCUT2D eigenvalue weighted by Gasteiger charge is 2.45. The van der Waals surface area contributed by atoms with Gasteiger partial charge in [0.1, 0.15) is 5.41 Å². The van der Waals surface area contributed by atoms with Gasteiger partial charge in [-0.25, -0.2) is 0 Å². The van der Waals surface area contributed by atoms with E-state index in [0.29, 0.717) is 12.3 Å². The van der Waals surface area contributed by atoms with E-state index in [1.165, 1.54) is 12.8 Å². The van der Waals surface area contributed by atoms with Crippen molar-refractivity contribution in [2.24, 2.45) is 5.92 Å². The van der Waals surface area contributed by atoms with Crippen molar-refractivity contribution < 1.29 is 9.53 Å². The Kier molecular flexibility index (Phi) is 6.58. The molecule has 3 aliphatic heterocycles. The molecule has 0 spiro atoms. The third kappa shape index (κ3) is 3.74. The lowest BCUT2D eigenvalue weighted by molar-refractivity contribution is -0.175. The first-order chi connectivity index (χ1) is 13.2. The summed E-state index contributed by atoms with van der Waals surface area (Å²) < 4.78 is 6.19. The van der Waals surface area contributed by atoms with Gasteiger partial charge >= 0.3 is 5.97 Å². The molecular weight excluding hydrogens is 370 g/mol. The van der Waals surface area contributed by atoms with Crippen LogP contribution in [-0.2, 0) is 14.9 Å². The van der Waals surface area contributed by atoms with Crippen molar-refractivity contribution >= 4 is 18.4 Å². The van der Waals surface area contributed by atoms with E-state index in [-0.39, 0.29) is 24.6 Å². The lowest BCUT2D eigenvalue weighted by Crippen LogP contribution is -2.52. The van der Waals surface area contributed by atoms with Crippen molar-refractivity contribution in [3.05, 3.63) is 84.4 Å². The molecule has 0 N–H and O–H groups in total. The molecule has 1 atom stereocenters. The van der Waals surface area contributed by atoms with Crippen LogP contribution < -0.4 is 0 Å². The van der Waals surface area contributed by atoms with Crippen molar-refractivity contribution in [2.45, 2.75) is 37.3 Å². The second kappa shape index (κ2) is 8.93. The number of allylic oxidation sites excluding steroid dienone is 1. The molecule has 2 bridgehead atoms. The molecular formula is C24H28ClNO2. The van der Waals surface area contributed by atoms with Crippen LogP contribution in [0.25, 0.3) is 0 Å². The number of carbonyl (C=O) groups is 1. The van der Waals surface area contributed by atoms with Crippen molar-refractivity contribution in [3.8, 4) is 0 Å². The summed E-state index contributed by atoms with van der Waals surface area (Å²) in [5.41, 5.74) is 1.05. The van der Waals surface area contributed by atoms with Crippen molar-refractivity contribution in [3.63, 3.8) is 0 Å². The number of halogens is 1. The molecule has 2 aromatic rings. The number of benzene rings is 2. The van der Waals surface area contributed by atoms with Crippen molar-refractivity contribution in [1.29, 1.82) is 0 Å². The average molecular weight is 398 g/mol. The van der Waals surface area contributed by atoms with Crippen LogP contribution >= 0.6 is 12.4 Å². The van der Waals surface area contributed by atoms with E-state index in [1.807, 2.05) is 66.7 Å². The minimum atomic E-state index is -0.859. The summed E-state index contributed by atoms with van der Waals surface area (Å²) in [5.74, 6) is 0.521. The first-order valence-corrected chi connectivity index (χ1v) is 9.91. The molecule has 3 saturated heterocycles. The van der Waals surface area contributed by atoms with Gasteiger partial charge in [0.15, 0.2) is 6.23 Å². The Hall–Kier alpha value is -2.10. The third-order valence-corrected chi connectivity index (χ3v) is 6.17. The Morgan fingerprint density at radius 1 is 1.04 bits per heavy atom. The Morgan fingerprint density at radius 3 is 2.00 bits per heavy atom. The number of nitrogens with zero attached hydrogens (tertiary/aromatic N) is 1. The second-order valence-electron chi connectivity index (χ2n) is 7.71. The van der Waals surface area contributed by atoms with Crippen molar-refractivity contribution in [2.75, 3.05) is 13.1 Å². The number of esters is 1. The van der Waals surface area contributed by atoms with Crippen LogP contribution in [0.2, 0.25) is 0 Å². The topological polar surface area (TPSA) is 29.5 Å². The standard InChI is InChI=1S/C24H27NO2.ClH/c1-2-15-24(20-9-5-3-6-10-20,21-11-7-4-8-12-21)23(26)27-22-18-19-13-16-25(22)17-14-19;/h2-12,19,22H,1,13-18H2;1H. The molecule has 148 valence electrons. The molecule has 0 saturated carbocycles. The summed E-state index contributed by atoms with van der Waals surface area (Å²) in [6.07, 6.45) is 5.65. The molecule has 3 aliphatic rings. The predicted octanol–water partition coefficient (Wildman–Crippen LogP) is 4.96. The van der Waals surface area contributed by atoms with Crippen LogP contribution in [0.15, 0.2) is 73.3 Å². The van der Waals surface area contributed by atoms with Crippen LogP contribution in [0.4, 0.5) is 0 Å². The zero-order valence-corrected chi connectivity index (χ0v) is 16.9. The molecule has 0 aliphatic carbocycles. The van der Waals surface area contributed by atoms with E-state index in [1.54, 1.807) is 0 Å². The van der Waals surface area contributed by atoms with E-state index >= 15 is 0 Å². The van der Waals surface area contributed by atoms with Gasteiger partial charge in [0, 0.05) is 19.5 Å². The van der Waals surface area contributed by atoms with Gasteiger partial charge in [0.2, 0.25) is 0 Å². The SMILES string of the molecule is C=CCC(C(=O)OC1CC2CCN1CC2)(c1ccccc1)c1ccccc1.Cl. The monoisotopic (exact) mass is 397 g/mol. The number of hydrogen-bond acceptors (Lipinski definition) is 3. The fourth-order valence-electron chi connectivity index (χ4n) is 4.64. The van der Waals surface area contributed by atoms with Gasteiger partial charge in [0.25, 0.3) is 0 Å². The quantitative estimate of drug-likeness (QED) is 0.510. The van der Waals surface area contributed by atoms with Crippen LogP contribution in [-0.4, -0.2) is 30.2 Å². The number of carbonyl (C=O) groups excluding carboxylic acids is 1. The van der Waals surface area contributed by atoms with Gasteiger partial charge in [0.05, 0.1) is 0 Å². The summed E-state index contributed by atoms with van der Waals surface area (Å²) >= 11 is 0. The molecule has 3 heterocycles. The Bertz CT molecular complexity index is 745. The first kappa shape index (κ1) is 20.6. The van der Waals surface area contributed by atoms with Gasteiger partial charge in [-0.3, -0.25) is 9.69 Å². The van der Waals surface area contributed by atoms with Crippen LogP contribution in [0, 0.1) is 5.92 Å². The largest absolute Gasteiger partial charge is 0.445 e. The fraction of sp³-hybridized carbons (Fsp3) is 0.375. The normalized spacial score (nSPS) is 23.5. The van der Waals surface area contributed by atoms with E-state index in [4.69, 9.17) is 4.74 Å². The summed E-state index contributed by atoms with van der Waals surface area (Å²) in [6, 6.07) is 20.0. The van der Waals surface area contributed by atoms with Crippen molar-refractivity contribution in [1.82, 2.24) is 4.90 Å². The smallest absolute Gasteiger partial charge is 0.322 e. The maximum Gasteiger partial charge on any atom is 0.322 e. The predicted molar refractivity (Wildman–Crippen MR) is 115 cm³/mol. The van der Waals surface area contributed by atoms with E-state index in [0.717, 1.165) is 30.6 Å². The molecule has 5 rings (SSSR count). The molecule has 1 unspecified atom stereocenters. The van der Waals surface area contributed by atoms with Crippen LogP contribution in [0.5, 0.6) is 0 Å². The Balaban J connectivity index is 0.00000225. The number of piperidine rings is 3. The Morgan fingerprint density at radius 2 is 1.57 bits per heavy atom. The number of hydrogen-bond donors (Lipinski definition) is 0. The molecule has 0 radical (unpaired) electrons. The maximum absolute atomic E-state index is 13.7. The van der Waals surface area contributed by atoms with Crippen LogP contribution in [0.3, 0.4) is 0 Å². The second-order valence-corrected chi connectivity index (χ2v) is 7.71. The molecule has 0 aromatic heterocycles. The summed E-state index contributed by atoms with van der Waals surface area (Å²) in [4.78, 5) is 16.0. The highest BCUT2D eigenvalue weighted by Crippen LogP contribution is 2.40. The number of fused-ring (bicyclic) bond motifs is 3.